The second-order valence-electron chi connectivity index (χ2n) is 28.9. The van der Waals surface area contributed by atoms with E-state index in [0.717, 1.165) is 0 Å². The Morgan fingerprint density at radius 2 is 0.409 bits per heavy atom. The summed E-state index contributed by atoms with van der Waals surface area (Å²) in [6.45, 7) is 32.1. The fourth-order valence-electron chi connectivity index (χ4n) is 14.3. The Morgan fingerprint density at radius 3 is 0.659 bits per heavy atom. The maximum Gasteiger partial charge on any atom is 0.204 e. The van der Waals surface area contributed by atoms with Crippen LogP contribution >= 0.6 is 0 Å². The molecule has 0 amide bonds. The number of phenols is 6. The SMILES string of the molecule is CCC(C)c1c(C)c(O)c(OC)c(OC)c1S(=O)(=O)[O-].CCC(C)c1c(OC)c(O)c(C)c(OC)c1S(=O)(=O)[O-].CCCc1c(O)c(OC)c(C(C)CC)c(S(=O)(=O)[O-])c1OC.CCCc1c(O)c(OC)c(OC)c(S(=O)(=O)[O-])c1C(C)CC.CCc1c(O)c(OC)c(C(C)CC)c(S(=O)(=O)[O-])c1OC.CCc1c(O)c(OC)c(OC)c(S(=O)(=O)[O-])c1C(C)CC.[CH3+].[CH3+].[CH3+].[CH3+].[CH3+].[CH3+]. The smallest absolute Gasteiger partial charge is 0.204 e. The average Bonchev–Trinajstić information content (AvgIpc) is 0.746. The summed E-state index contributed by atoms with van der Waals surface area (Å²) in [6, 6.07) is 0. The van der Waals surface area contributed by atoms with Gasteiger partial charge in [0.1, 0.15) is 107 Å². The van der Waals surface area contributed by atoms with Gasteiger partial charge in [-0.05, 0) is 136 Å². The molecule has 0 radical (unpaired) electrons. The summed E-state index contributed by atoms with van der Waals surface area (Å²) >= 11 is 0. The van der Waals surface area contributed by atoms with Gasteiger partial charge in [-0.2, -0.15) is 0 Å². The van der Waals surface area contributed by atoms with Crippen LogP contribution in [0.15, 0.2) is 29.4 Å². The van der Waals surface area contributed by atoms with E-state index in [0.29, 0.717) is 105 Å². The van der Waals surface area contributed by atoms with Crippen molar-refractivity contribution in [3.8, 4) is 103 Å². The van der Waals surface area contributed by atoms with Gasteiger partial charge in [0.05, 0.1) is 85.3 Å². The molecule has 756 valence electrons. The van der Waals surface area contributed by atoms with Gasteiger partial charge in [-0.15, -0.1) is 0 Å². The highest BCUT2D eigenvalue weighted by molar-refractivity contribution is 7.87. The van der Waals surface area contributed by atoms with Gasteiger partial charge in [0, 0.05) is 89.1 Å². The summed E-state index contributed by atoms with van der Waals surface area (Å²) in [6.07, 6.45) is 6.38. The Balaban J connectivity index is -0.000000358. The van der Waals surface area contributed by atoms with E-state index < -0.39 is 90.1 Å². The molecule has 132 heavy (non-hydrogen) atoms. The molecule has 6 atom stereocenters. The summed E-state index contributed by atoms with van der Waals surface area (Å²) in [7, 11) is -13.3. The van der Waals surface area contributed by atoms with Crippen molar-refractivity contribution < 1.29 is 165 Å². The Kier molecular flexibility index (Phi) is 57.0. The zero-order chi connectivity index (χ0) is 98.2. The predicted molar refractivity (Wildman–Crippen MR) is 502 cm³/mol. The molecule has 0 aliphatic rings. The van der Waals surface area contributed by atoms with Crippen LogP contribution in [-0.4, -0.2) is 194 Å². The number of phenolic OH excluding ortho intramolecular Hbond substituents is 6. The number of hydrogen-bond donors (Lipinski definition) is 6. The summed E-state index contributed by atoms with van der Waals surface area (Å²) in [5, 5.41) is 61.8. The summed E-state index contributed by atoms with van der Waals surface area (Å²) in [5.41, 5.74) is 3.25. The highest BCUT2D eigenvalue weighted by atomic mass is 32.2. The van der Waals surface area contributed by atoms with Gasteiger partial charge in [-0.25, -0.2) is 50.5 Å². The predicted octanol–water partition coefficient (Wildman–Crippen LogP) is 17.3. The molecule has 6 aromatic carbocycles. The van der Waals surface area contributed by atoms with Crippen LogP contribution in [0.4, 0.5) is 0 Å². The molecule has 36 nitrogen and oxygen atoms in total. The van der Waals surface area contributed by atoms with Crippen LogP contribution in [0.2, 0.25) is 0 Å². The van der Waals surface area contributed by atoms with Gasteiger partial charge in [0.15, 0.2) is 69.0 Å². The maximum atomic E-state index is 11.8. The van der Waals surface area contributed by atoms with Crippen LogP contribution < -0.4 is 56.8 Å². The standard InChI is InChI=1S/2C15H24O6S.2C14H22O6S.2C13H20O6S.6CH3/c1-6-8-10-12(16)14(21-5)11(9(3)7-2)15(13(10)20-4)22(17,18)19;1-6-8-10-11(9(3)7-2)15(22(17,18)19)14(21-5)13(20-4)12(10)16;1-6-8(3)10-13(20-5)11(15)9(7-2)12(19-4)14(10)21(16,17)18;1-6-8(3)10-9(7-2)11(15)12(19-4)13(20-5)14(10)21(16,17)18;1-6-7(2)9-12(19-5)10(14)8(3)11(18-4)13(9)20(15,16)17;1-6-7(2)9-8(3)10(14)11(18-4)12(19-5)13(9)20(15,16)17;;;;;;/h2*9,16H,6-8H2,1-5H3,(H,17,18,19);2*8,15H,6-7H2,1-5H3,(H,16,17,18);2*7,14H,6H2,1-5H3,(H,15,16,17);6*1H3/q;;;;;;6*+1/p-6. The zero-order valence-electron chi connectivity index (χ0n) is 83.3. The molecule has 0 aliphatic carbocycles. The number of benzene rings is 6. The third kappa shape index (κ3) is 29.7. The molecule has 0 heterocycles. The van der Waals surface area contributed by atoms with E-state index in [-0.39, 0.29) is 223 Å². The van der Waals surface area contributed by atoms with Gasteiger partial charge in [0.25, 0.3) is 0 Å². The van der Waals surface area contributed by atoms with Crippen molar-refractivity contribution in [3.05, 3.63) is 111 Å². The molecule has 0 aromatic heterocycles. The summed E-state index contributed by atoms with van der Waals surface area (Å²) in [4.78, 5) is -2.65. The van der Waals surface area contributed by atoms with Crippen molar-refractivity contribution >= 4 is 60.7 Å². The van der Waals surface area contributed by atoms with E-state index in [1.54, 1.807) is 55.4 Å². The average molecular weight is 1990 g/mol. The lowest BCUT2D eigenvalue weighted by molar-refractivity contribution is 0.320. The molecule has 0 fully saturated rings. The number of ether oxygens (including phenoxy) is 12. The van der Waals surface area contributed by atoms with Crippen molar-refractivity contribution in [2.24, 2.45) is 0 Å². The molecular weight excluding hydrogens is 1850 g/mol. The van der Waals surface area contributed by atoms with Crippen LogP contribution in [-0.2, 0) is 86.4 Å². The largest absolute Gasteiger partial charge is 0.744 e. The first kappa shape index (κ1) is 133. The minimum absolute atomic E-state index is 0. The number of rotatable bonds is 36. The summed E-state index contributed by atoms with van der Waals surface area (Å²) in [5.74, 6) is -3.99. The van der Waals surface area contributed by atoms with Gasteiger partial charge >= 0.3 is 0 Å². The highest BCUT2D eigenvalue weighted by Crippen LogP contribution is 2.56. The first-order valence-electron chi connectivity index (χ1n) is 40.0. The second-order valence-corrected chi connectivity index (χ2v) is 36.8. The normalized spacial score (nSPS) is 12.5. The van der Waals surface area contributed by atoms with Crippen LogP contribution in [0.3, 0.4) is 0 Å². The Hall–Kier alpha value is -9.60. The third-order valence-electron chi connectivity index (χ3n) is 21.4. The summed E-state index contributed by atoms with van der Waals surface area (Å²) < 4.78 is 272. The van der Waals surface area contributed by atoms with E-state index in [2.05, 4.69) is 0 Å². The van der Waals surface area contributed by atoms with Crippen LogP contribution in [0, 0.1) is 58.4 Å². The van der Waals surface area contributed by atoms with Gasteiger partial charge in [-0.1, -0.05) is 124 Å². The third-order valence-corrected chi connectivity index (χ3v) is 26.9. The molecule has 0 saturated heterocycles. The number of methoxy groups -OCH3 is 12. The van der Waals surface area contributed by atoms with Crippen LogP contribution in [0.1, 0.15) is 264 Å². The molecule has 6 unspecified atom stereocenters. The van der Waals surface area contributed by atoms with Crippen molar-refractivity contribution in [1.29, 1.82) is 0 Å². The van der Waals surface area contributed by atoms with Crippen LogP contribution in [0.25, 0.3) is 0 Å². The van der Waals surface area contributed by atoms with E-state index in [4.69, 9.17) is 56.8 Å². The van der Waals surface area contributed by atoms with Crippen molar-refractivity contribution in [3.63, 3.8) is 0 Å². The topological polar surface area (TPSA) is 575 Å². The first-order valence-corrected chi connectivity index (χ1v) is 48.5. The van der Waals surface area contributed by atoms with Crippen LogP contribution in [0.5, 0.6) is 103 Å². The quantitative estimate of drug-likeness (QED) is 0.0157. The minimum atomic E-state index is -4.79. The van der Waals surface area contributed by atoms with Gasteiger partial charge in [0.2, 0.25) is 17.2 Å². The van der Waals surface area contributed by atoms with Gasteiger partial charge < -0.3 is 115 Å². The molecule has 6 N–H and O–H groups in total. The van der Waals surface area contributed by atoms with E-state index in [1.807, 2.05) is 62.3 Å². The lowest BCUT2D eigenvalue weighted by atomic mass is 9.90. The fourth-order valence-corrected chi connectivity index (χ4v) is 20.4. The fraction of sp³-hybridized carbons (Fsp3) is 0.533. The lowest BCUT2D eigenvalue weighted by Gasteiger charge is -2.26. The number of hydrogen-bond acceptors (Lipinski definition) is 36. The molecule has 6 rings (SSSR count). The Bertz CT molecular complexity index is 5290. The second kappa shape index (κ2) is 56.6. The van der Waals surface area contributed by atoms with Gasteiger partial charge in [-0.3, -0.25) is 0 Å². The highest BCUT2D eigenvalue weighted by Gasteiger charge is 2.37. The maximum absolute atomic E-state index is 11.8. The van der Waals surface area contributed by atoms with E-state index in [1.165, 1.54) is 92.2 Å². The molecule has 0 saturated carbocycles. The monoisotopic (exact) mass is 1990 g/mol. The Labute approximate surface area is 787 Å². The van der Waals surface area contributed by atoms with Crippen molar-refractivity contribution in [2.45, 2.75) is 267 Å². The Morgan fingerprint density at radius 1 is 0.227 bits per heavy atom. The molecule has 0 aliphatic heterocycles. The minimum Gasteiger partial charge on any atom is -0.744 e. The number of aromatic hydroxyl groups is 6. The molecular formula is C90H144O36S6. The van der Waals surface area contributed by atoms with Crippen molar-refractivity contribution in [1.82, 2.24) is 0 Å². The van der Waals surface area contributed by atoms with Crippen molar-refractivity contribution in [2.75, 3.05) is 85.3 Å². The van der Waals surface area contributed by atoms with E-state index in [9.17, 15) is 108 Å². The zero-order valence-corrected chi connectivity index (χ0v) is 88.2. The molecule has 0 bridgehead atoms. The van der Waals surface area contributed by atoms with E-state index >= 15 is 0 Å². The molecule has 6 aromatic rings. The molecule has 42 heteroatoms. The first-order chi connectivity index (χ1) is 58.4. The molecule has 0 spiro atoms. The lowest BCUT2D eigenvalue weighted by Crippen LogP contribution is -2.13.